The first-order valence-electron chi connectivity index (χ1n) is 7.48. The first-order chi connectivity index (χ1) is 12.3. The van der Waals surface area contributed by atoms with Crippen LogP contribution in [-0.2, 0) is 0 Å². The van der Waals surface area contributed by atoms with Gasteiger partial charge in [-0.1, -0.05) is 30.3 Å². The van der Waals surface area contributed by atoms with E-state index < -0.39 is 18.3 Å². The summed E-state index contributed by atoms with van der Waals surface area (Å²) in [5, 5.41) is 6.78. The number of aromatic nitrogens is 3. The molecule has 136 valence electrons. The average Bonchev–Trinajstić information content (AvgIpc) is 2.96. The third kappa shape index (κ3) is 3.48. The van der Waals surface area contributed by atoms with Gasteiger partial charge in [-0.05, 0) is 42.9 Å². The standard InChI is InChI=1S/C17H13F4N3OS/c1-10-5-2-3-8-13(10)24-14(22-23-16(24)26)11-6-4-7-12(9-11)25-17(20,21)15(18)19/h2-9,15H,1H3,(H,23,26). The number of para-hydroxylation sites is 1. The molecule has 0 atom stereocenters. The first kappa shape index (κ1) is 18.1. The molecule has 3 rings (SSSR count). The van der Waals surface area contributed by atoms with Gasteiger partial charge in [0, 0.05) is 5.56 Å². The monoisotopic (exact) mass is 383 g/mol. The maximum absolute atomic E-state index is 13.2. The van der Waals surface area contributed by atoms with Gasteiger partial charge in [0.1, 0.15) is 5.75 Å². The molecule has 0 saturated carbocycles. The van der Waals surface area contributed by atoms with Gasteiger partial charge in [-0.15, -0.1) is 0 Å². The minimum Gasteiger partial charge on any atom is -0.428 e. The molecule has 0 aliphatic rings. The Hall–Kier alpha value is -2.68. The molecule has 9 heteroatoms. The molecular formula is C17H13F4N3OS. The van der Waals surface area contributed by atoms with Crippen LogP contribution in [0.15, 0.2) is 48.5 Å². The Morgan fingerprint density at radius 1 is 1.15 bits per heavy atom. The number of nitrogens with one attached hydrogen (secondary N) is 1. The lowest BCUT2D eigenvalue weighted by Gasteiger charge is -2.17. The number of aryl methyl sites for hydroxylation is 1. The average molecular weight is 383 g/mol. The topological polar surface area (TPSA) is 42.8 Å². The maximum atomic E-state index is 13.2. The zero-order valence-electron chi connectivity index (χ0n) is 13.4. The van der Waals surface area contributed by atoms with Crippen molar-refractivity contribution in [3.05, 3.63) is 58.9 Å². The van der Waals surface area contributed by atoms with Crippen LogP contribution in [0.25, 0.3) is 17.1 Å². The molecule has 0 fully saturated rings. The van der Waals surface area contributed by atoms with Gasteiger partial charge < -0.3 is 4.74 Å². The molecular weight excluding hydrogens is 370 g/mol. The third-order valence-electron chi connectivity index (χ3n) is 3.63. The van der Waals surface area contributed by atoms with Crippen LogP contribution in [-0.4, -0.2) is 27.3 Å². The van der Waals surface area contributed by atoms with E-state index in [-0.39, 0.29) is 0 Å². The fourth-order valence-electron chi connectivity index (χ4n) is 2.43. The van der Waals surface area contributed by atoms with Gasteiger partial charge in [0.2, 0.25) is 0 Å². The van der Waals surface area contributed by atoms with Crippen LogP contribution in [0.1, 0.15) is 5.56 Å². The predicted molar refractivity (Wildman–Crippen MR) is 90.5 cm³/mol. The lowest BCUT2D eigenvalue weighted by atomic mass is 10.1. The van der Waals surface area contributed by atoms with E-state index >= 15 is 0 Å². The van der Waals surface area contributed by atoms with Crippen LogP contribution in [0.4, 0.5) is 17.6 Å². The minimum atomic E-state index is -4.58. The highest BCUT2D eigenvalue weighted by Gasteiger charge is 2.44. The Balaban J connectivity index is 2.06. The smallest absolute Gasteiger partial charge is 0.428 e. The molecule has 0 spiro atoms. The maximum Gasteiger partial charge on any atom is 0.461 e. The molecule has 26 heavy (non-hydrogen) atoms. The fraction of sp³-hybridized carbons (Fsp3) is 0.176. The second kappa shape index (κ2) is 6.91. The van der Waals surface area contributed by atoms with Gasteiger partial charge in [-0.3, -0.25) is 9.67 Å². The van der Waals surface area contributed by atoms with Crippen LogP contribution < -0.4 is 4.74 Å². The van der Waals surface area contributed by atoms with E-state index in [1.165, 1.54) is 18.2 Å². The van der Waals surface area contributed by atoms with E-state index in [0.29, 0.717) is 16.2 Å². The van der Waals surface area contributed by atoms with Gasteiger partial charge in [0.05, 0.1) is 5.69 Å². The molecule has 1 heterocycles. The van der Waals surface area contributed by atoms with Crippen molar-refractivity contribution in [1.29, 1.82) is 0 Å². The first-order valence-corrected chi connectivity index (χ1v) is 7.89. The van der Waals surface area contributed by atoms with Gasteiger partial charge in [0.25, 0.3) is 0 Å². The molecule has 2 aromatic carbocycles. The molecule has 0 bridgehead atoms. The molecule has 0 aliphatic heterocycles. The van der Waals surface area contributed by atoms with Gasteiger partial charge in [-0.25, -0.2) is 0 Å². The molecule has 0 amide bonds. The molecule has 1 N–H and O–H groups in total. The summed E-state index contributed by atoms with van der Waals surface area (Å²) in [6, 6.07) is 12.8. The van der Waals surface area contributed by atoms with Crippen molar-refractivity contribution in [2.45, 2.75) is 19.5 Å². The van der Waals surface area contributed by atoms with Crippen molar-refractivity contribution < 1.29 is 22.3 Å². The number of H-pyrrole nitrogens is 1. The predicted octanol–water partition coefficient (Wildman–Crippen LogP) is 5.14. The van der Waals surface area contributed by atoms with Crippen LogP contribution >= 0.6 is 12.2 Å². The number of aromatic amines is 1. The number of rotatable bonds is 5. The van der Waals surface area contributed by atoms with E-state index in [4.69, 9.17) is 12.2 Å². The second-order valence-electron chi connectivity index (χ2n) is 5.47. The third-order valence-corrected chi connectivity index (χ3v) is 3.90. The lowest BCUT2D eigenvalue weighted by molar-refractivity contribution is -0.253. The molecule has 0 aliphatic carbocycles. The van der Waals surface area contributed by atoms with Crippen molar-refractivity contribution in [2.24, 2.45) is 0 Å². The van der Waals surface area contributed by atoms with Crippen LogP contribution in [0.2, 0.25) is 0 Å². The van der Waals surface area contributed by atoms with E-state index in [2.05, 4.69) is 14.9 Å². The summed E-state index contributed by atoms with van der Waals surface area (Å²) in [6.45, 7) is 1.89. The highest BCUT2D eigenvalue weighted by Crippen LogP contribution is 2.31. The fourth-order valence-corrected chi connectivity index (χ4v) is 2.66. The number of halogens is 4. The lowest BCUT2D eigenvalue weighted by Crippen LogP contribution is -2.33. The number of alkyl halides is 4. The molecule has 3 aromatic rings. The SMILES string of the molecule is Cc1ccccc1-n1c(-c2cccc(OC(F)(F)C(F)F)c2)n[nH]c1=S. The Morgan fingerprint density at radius 3 is 2.58 bits per heavy atom. The summed E-state index contributed by atoms with van der Waals surface area (Å²) in [7, 11) is 0. The Kier molecular flexibility index (Phi) is 4.82. The molecule has 0 saturated heterocycles. The molecule has 1 aromatic heterocycles. The van der Waals surface area contributed by atoms with Crippen LogP contribution in [0.5, 0.6) is 5.75 Å². The van der Waals surface area contributed by atoms with Crippen molar-refractivity contribution in [2.75, 3.05) is 0 Å². The van der Waals surface area contributed by atoms with Crippen LogP contribution in [0.3, 0.4) is 0 Å². The summed E-state index contributed by atoms with van der Waals surface area (Å²) in [5.74, 6) is -0.0619. The van der Waals surface area contributed by atoms with Crippen molar-refractivity contribution >= 4 is 12.2 Å². The normalized spacial score (nSPS) is 11.8. The summed E-state index contributed by atoms with van der Waals surface area (Å²) < 4.78 is 57.1. The zero-order valence-corrected chi connectivity index (χ0v) is 14.2. The summed E-state index contributed by atoms with van der Waals surface area (Å²) in [6.07, 6.45) is -8.52. The van der Waals surface area contributed by atoms with E-state index in [9.17, 15) is 17.6 Å². The Labute approximate surface area is 151 Å². The minimum absolute atomic E-state index is 0.304. The number of hydrogen-bond donors (Lipinski definition) is 1. The molecule has 4 nitrogen and oxygen atoms in total. The quantitative estimate of drug-likeness (QED) is 0.490. The molecule has 0 radical (unpaired) electrons. The number of hydrogen-bond acceptors (Lipinski definition) is 3. The Bertz CT molecular complexity index is 984. The number of ether oxygens (including phenoxy) is 1. The summed E-state index contributed by atoms with van der Waals surface area (Å²) >= 11 is 5.26. The summed E-state index contributed by atoms with van der Waals surface area (Å²) in [4.78, 5) is 0. The highest BCUT2D eigenvalue weighted by atomic mass is 32.1. The largest absolute Gasteiger partial charge is 0.461 e. The van der Waals surface area contributed by atoms with E-state index in [1.54, 1.807) is 10.6 Å². The van der Waals surface area contributed by atoms with Gasteiger partial charge in [0.15, 0.2) is 10.6 Å². The number of benzene rings is 2. The van der Waals surface area contributed by atoms with Gasteiger partial charge in [-0.2, -0.15) is 22.7 Å². The van der Waals surface area contributed by atoms with E-state index in [1.807, 2.05) is 31.2 Å². The van der Waals surface area contributed by atoms with Crippen molar-refractivity contribution in [1.82, 2.24) is 14.8 Å². The zero-order chi connectivity index (χ0) is 18.9. The highest BCUT2D eigenvalue weighted by molar-refractivity contribution is 7.71. The van der Waals surface area contributed by atoms with Crippen molar-refractivity contribution in [3.63, 3.8) is 0 Å². The summed E-state index contributed by atoms with van der Waals surface area (Å²) in [5.41, 5.74) is 2.05. The van der Waals surface area contributed by atoms with Crippen LogP contribution in [0, 0.1) is 11.7 Å². The van der Waals surface area contributed by atoms with E-state index in [0.717, 1.165) is 11.3 Å². The number of nitrogens with zero attached hydrogens (tertiary/aromatic N) is 2. The van der Waals surface area contributed by atoms with Crippen molar-refractivity contribution in [3.8, 4) is 22.8 Å². The molecule has 0 unspecified atom stereocenters. The van der Waals surface area contributed by atoms with Gasteiger partial charge >= 0.3 is 12.5 Å². The second-order valence-corrected chi connectivity index (χ2v) is 5.85. The Morgan fingerprint density at radius 2 is 1.88 bits per heavy atom.